The van der Waals surface area contributed by atoms with Gasteiger partial charge in [-0.25, -0.2) is 9.50 Å². The number of furan rings is 1. The summed E-state index contributed by atoms with van der Waals surface area (Å²) in [7, 11) is 0. The van der Waals surface area contributed by atoms with Gasteiger partial charge in [-0.1, -0.05) is 30.3 Å². The van der Waals surface area contributed by atoms with Crippen molar-refractivity contribution < 1.29 is 14.0 Å². The fourth-order valence-electron chi connectivity index (χ4n) is 4.21. The van der Waals surface area contributed by atoms with Crippen LogP contribution in [0.1, 0.15) is 39.5 Å². The molecule has 166 valence electrons. The molecule has 3 heterocycles. The van der Waals surface area contributed by atoms with Gasteiger partial charge in [-0.3, -0.25) is 20.4 Å². The van der Waals surface area contributed by atoms with Crippen molar-refractivity contribution in [3.63, 3.8) is 0 Å². The molecule has 3 aromatic heterocycles. The molecule has 0 fully saturated rings. The van der Waals surface area contributed by atoms with Crippen molar-refractivity contribution >= 4 is 39.3 Å². The molecule has 0 saturated heterocycles. The number of rotatable bonds is 4. The van der Waals surface area contributed by atoms with Gasteiger partial charge in [-0.2, -0.15) is 5.10 Å². The SMILES string of the molecule is Cc1nc2c3ccccc3nn2c(C)c1CCC(=O)NNC(=O)c1oc2ccccc2c1C. The number of fused-ring (bicyclic) bond motifs is 4. The van der Waals surface area contributed by atoms with Crippen LogP contribution in [0.25, 0.3) is 27.5 Å². The first-order valence-electron chi connectivity index (χ1n) is 10.7. The second-order valence-electron chi connectivity index (χ2n) is 8.07. The van der Waals surface area contributed by atoms with Crippen molar-refractivity contribution in [1.82, 2.24) is 25.4 Å². The Hall–Kier alpha value is -4.20. The number of para-hydroxylation sites is 1. The van der Waals surface area contributed by atoms with Gasteiger partial charge in [0.1, 0.15) is 5.58 Å². The molecule has 0 spiro atoms. The van der Waals surface area contributed by atoms with Crippen molar-refractivity contribution in [1.29, 1.82) is 0 Å². The molecule has 2 amide bonds. The Balaban J connectivity index is 1.27. The second kappa shape index (κ2) is 8.05. The van der Waals surface area contributed by atoms with E-state index in [2.05, 4.69) is 16.0 Å². The van der Waals surface area contributed by atoms with E-state index in [4.69, 9.17) is 9.40 Å². The van der Waals surface area contributed by atoms with Crippen LogP contribution in [-0.2, 0) is 11.2 Å². The highest BCUT2D eigenvalue weighted by atomic mass is 16.3. The lowest BCUT2D eigenvalue weighted by Crippen LogP contribution is -2.41. The Bertz CT molecular complexity index is 1550. The van der Waals surface area contributed by atoms with Gasteiger partial charge in [-0.05, 0) is 51.0 Å². The Morgan fingerprint density at radius 2 is 1.70 bits per heavy atom. The van der Waals surface area contributed by atoms with Crippen LogP contribution in [0, 0.1) is 20.8 Å². The molecule has 0 saturated carbocycles. The van der Waals surface area contributed by atoms with E-state index in [0.717, 1.165) is 44.5 Å². The Kier molecular flexibility index (Phi) is 5.05. The number of carbonyl (C=O) groups excluding carboxylic acids is 2. The predicted octanol–water partition coefficient (Wildman–Crippen LogP) is 3.95. The van der Waals surface area contributed by atoms with E-state index >= 15 is 0 Å². The summed E-state index contributed by atoms with van der Waals surface area (Å²) in [5.41, 5.74) is 10.7. The molecular formula is C25H23N5O3. The number of benzene rings is 2. The Labute approximate surface area is 189 Å². The minimum atomic E-state index is -0.490. The highest BCUT2D eigenvalue weighted by molar-refractivity contribution is 5.99. The molecule has 0 unspecified atom stereocenters. The fourth-order valence-corrected chi connectivity index (χ4v) is 4.21. The number of nitrogens with zero attached hydrogens (tertiary/aromatic N) is 3. The highest BCUT2D eigenvalue weighted by Gasteiger charge is 2.19. The van der Waals surface area contributed by atoms with Crippen LogP contribution in [0.15, 0.2) is 52.9 Å². The van der Waals surface area contributed by atoms with Gasteiger partial charge in [-0.15, -0.1) is 0 Å². The first-order valence-corrected chi connectivity index (χ1v) is 10.7. The lowest BCUT2D eigenvalue weighted by atomic mass is 10.1. The number of hydrogen-bond acceptors (Lipinski definition) is 5. The summed E-state index contributed by atoms with van der Waals surface area (Å²) < 4.78 is 7.47. The monoisotopic (exact) mass is 441 g/mol. The highest BCUT2D eigenvalue weighted by Crippen LogP contribution is 2.25. The Morgan fingerprint density at radius 3 is 2.48 bits per heavy atom. The van der Waals surface area contributed by atoms with Crippen molar-refractivity contribution in [2.75, 3.05) is 0 Å². The van der Waals surface area contributed by atoms with Gasteiger partial charge in [0.2, 0.25) is 5.91 Å². The van der Waals surface area contributed by atoms with E-state index < -0.39 is 5.91 Å². The van der Waals surface area contributed by atoms with Crippen LogP contribution in [-0.4, -0.2) is 26.4 Å². The van der Waals surface area contributed by atoms with Crippen molar-refractivity contribution in [2.24, 2.45) is 0 Å². The average molecular weight is 441 g/mol. The maximum absolute atomic E-state index is 12.5. The summed E-state index contributed by atoms with van der Waals surface area (Å²) >= 11 is 0. The van der Waals surface area contributed by atoms with Gasteiger partial charge >= 0.3 is 5.91 Å². The minimum Gasteiger partial charge on any atom is -0.451 e. The molecule has 0 aliphatic heterocycles. The van der Waals surface area contributed by atoms with Crippen LogP contribution in [0.4, 0.5) is 0 Å². The van der Waals surface area contributed by atoms with Gasteiger partial charge in [0.25, 0.3) is 0 Å². The van der Waals surface area contributed by atoms with E-state index in [1.54, 1.807) is 6.07 Å². The lowest BCUT2D eigenvalue weighted by molar-refractivity contribution is -0.121. The van der Waals surface area contributed by atoms with Crippen molar-refractivity contribution in [2.45, 2.75) is 33.6 Å². The smallest absolute Gasteiger partial charge is 0.305 e. The predicted molar refractivity (Wildman–Crippen MR) is 125 cm³/mol. The number of nitrogens with one attached hydrogen (secondary N) is 2. The molecule has 2 N–H and O–H groups in total. The standard InChI is InChI=1S/C25H23N5O3/c1-14-17-8-5-7-11-21(17)33-23(14)25(32)28-27-22(31)13-12-18-15(2)26-24-19-9-4-6-10-20(19)29-30(24)16(18)3/h4-11H,12-13H2,1-3H3,(H,27,31)(H,28,32). The number of aryl methyl sites for hydroxylation is 3. The molecule has 8 nitrogen and oxygen atoms in total. The van der Waals surface area contributed by atoms with E-state index in [-0.39, 0.29) is 18.1 Å². The zero-order valence-electron chi connectivity index (χ0n) is 18.6. The van der Waals surface area contributed by atoms with E-state index in [0.29, 0.717) is 12.0 Å². The fraction of sp³-hybridized carbons (Fsp3) is 0.200. The molecule has 33 heavy (non-hydrogen) atoms. The zero-order valence-corrected chi connectivity index (χ0v) is 18.6. The Morgan fingerprint density at radius 1 is 0.970 bits per heavy atom. The van der Waals surface area contributed by atoms with Crippen molar-refractivity contribution in [3.05, 3.63) is 76.8 Å². The van der Waals surface area contributed by atoms with Gasteiger partial charge < -0.3 is 4.42 Å². The summed E-state index contributed by atoms with van der Waals surface area (Å²) in [4.78, 5) is 29.7. The van der Waals surface area contributed by atoms with Gasteiger partial charge in [0, 0.05) is 34.1 Å². The molecule has 0 atom stereocenters. The minimum absolute atomic E-state index is 0.184. The van der Waals surface area contributed by atoms with Crippen LogP contribution in [0.3, 0.4) is 0 Å². The summed E-state index contributed by atoms with van der Waals surface area (Å²) in [5, 5.41) is 6.52. The summed E-state index contributed by atoms with van der Waals surface area (Å²) in [5.74, 6) is -0.610. The third-order valence-corrected chi connectivity index (χ3v) is 5.99. The molecule has 2 aromatic carbocycles. The molecule has 5 aromatic rings. The largest absolute Gasteiger partial charge is 0.451 e. The van der Waals surface area contributed by atoms with Gasteiger partial charge in [0.05, 0.1) is 5.52 Å². The van der Waals surface area contributed by atoms with E-state index in [1.165, 1.54) is 0 Å². The summed E-state index contributed by atoms with van der Waals surface area (Å²) in [6.07, 6.45) is 0.664. The topological polar surface area (TPSA) is 102 Å². The van der Waals surface area contributed by atoms with E-state index in [1.807, 2.05) is 67.8 Å². The number of hydrogen-bond donors (Lipinski definition) is 2. The van der Waals surface area contributed by atoms with Gasteiger partial charge in [0.15, 0.2) is 11.4 Å². The number of aromatic nitrogens is 3. The molecule has 0 bridgehead atoms. The molecule has 8 heteroatoms. The third-order valence-electron chi connectivity index (χ3n) is 5.99. The first-order chi connectivity index (χ1) is 15.9. The maximum atomic E-state index is 12.5. The zero-order chi connectivity index (χ0) is 23.1. The molecule has 5 rings (SSSR count). The quantitative estimate of drug-likeness (QED) is 0.411. The number of hydrazine groups is 1. The van der Waals surface area contributed by atoms with Crippen LogP contribution >= 0.6 is 0 Å². The van der Waals surface area contributed by atoms with E-state index in [9.17, 15) is 9.59 Å². The first kappa shape index (κ1) is 20.7. The summed E-state index contributed by atoms with van der Waals surface area (Å²) in [6.45, 7) is 5.73. The van der Waals surface area contributed by atoms with Crippen molar-refractivity contribution in [3.8, 4) is 0 Å². The molecule has 0 aliphatic rings. The third kappa shape index (κ3) is 3.59. The lowest BCUT2D eigenvalue weighted by Gasteiger charge is -2.11. The maximum Gasteiger partial charge on any atom is 0.305 e. The normalized spacial score (nSPS) is 11.4. The van der Waals surface area contributed by atoms with Crippen LogP contribution in [0.2, 0.25) is 0 Å². The molecular weight excluding hydrogens is 418 g/mol. The summed E-state index contributed by atoms with van der Waals surface area (Å²) in [6, 6.07) is 15.3. The molecule has 0 radical (unpaired) electrons. The molecule has 0 aliphatic carbocycles. The van der Waals surface area contributed by atoms with Crippen LogP contribution in [0.5, 0.6) is 0 Å². The van der Waals surface area contributed by atoms with Crippen LogP contribution < -0.4 is 10.9 Å². The average Bonchev–Trinajstić information content (AvgIpc) is 3.36. The number of carbonyl (C=O) groups is 2. The number of amides is 2. The second-order valence-corrected chi connectivity index (χ2v) is 8.07.